The topological polar surface area (TPSA) is 32.3 Å². The van der Waals surface area contributed by atoms with E-state index in [-0.39, 0.29) is 0 Å². The summed E-state index contributed by atoms with van der Waals surface area (Å²) < 4.78 is 0. The van der Waals surface area contributed by atoms with Crippen LogP contribution in [0.1, 0.15) is 51.9 Å². The van der Waals surface area contributed by atoms with Gasteiger partial charge in [0.25, 0.3) is 0 Å². The Bertz CT molecular complexity index is 243. The van der Waals surface area contributed by atoms with Crippen LogP contribution in [-0.4, -0.2) is 36.5 Å². The van der Waals surface area contributed by atoms with Crippen molar-refractivity contribution in [3.8, 4) is 0 Å². The van der Waals surface area contributed by atoms with E-state index in [0.29, 0.717) is 17.9 Å². The third-order valence-electron chi connectivity index (χ3n) is 4.25. The maximum Gasteiger partial charge on any atom is 0.225 e. The zero-order valence-corrected chi connectivity index (χ0v) is 11.1. The number of hydrogen-bond acceptors (Lipinski definition) is 2. The predicted molar refractivity (Wildman–Crippen MR) is 69.9 cm³/mol. The lowest BCUT2D eigenvalue weighted by molar-refractivity contribution is -0.136. The zero-order valence-electron chi connectivity index (χ0n) is 11.1. The number of nitrogens with one attached hydrogen (secondary N) is 1. The first-order valence-corrected chi connectivity index (χ1v) is 7.33. The molecule has 3 nitrogen and oxygen atoms in total. The van der Waals surface area contributed by atoms with Gasteiger partial charge in [-0.3, -0.25) is 4.79 Å². The molecule has 1 aliphatic heterocycles. The van der Waals surface area contributed by atoms with E-state index in [4.69, 9.17) is 0 Å². The molecular weight excluding hydrogens is 212 g/mol. The highest BCUT2D eigenvalue weighted by Crippen LogP contribution is 2.25. The number of amides is 1. The van der Waals surface area contributed by atoms with Gasteiger partial charge >= 0.3 is 0 Å². The summed E-state index contributed by atoms with van der Waals surface area (Å²) in [5, 5.41) is 3.49. The van der Waals surface area contributed by atoms with E-state index in [9.17, 15) is 4.79 Å². The SMILES string of the molecule is CCN(CC1CCCN1)C(=O)C1CCCCC1. The smallest absolute Gasteiger partial charge is 0.225 e. The minimum absolute atomic E-state index is 0.324. The van der Waals surface area contributed by atoms with Crippen LogP contribution in [-0.2, 0) is 4.79 Å². The molecule has 0 aromatic carbocycles. The number of hydrogen-bond donors (Lipinski definition) is 1. The standard InChI is InChI=1S/C14H26N2O/c1-2-16(11-13-9-6-10-15-13)14(17)12-7-4-3-5-8-12/h12-13,15H,2-11H2,1H3. The predicted octanol–water partition coefficient (Wildman–Crippen LogP) is 2.17. The highest BCUT2D eigenvalue weighted by molar-refractivity contribution is 5.78. The van der Waals surface area contributed by atoms with E-state index < -0.39 is 0 Å². The molecule has 0 radical (unpaired) electrons. The third kappa shape index (κ3) is 3.44. The van der Waals surface area contributed by atoms with Crippen molar-refractivity contribution in [3.05, 3.63) is 0 Å². The normalized spacial score (nSPS) is 26.1. The van der Waals surface area contributed by atoms with E-state index in [1.165, 1.54) is 32.1 Å². The van der Waals surface area contributed by atoms with Gasteiger partial charge in [-0.15, -0.1) is 0 Å². The second-order valence-corrected chi connectivity index (χ2v) is 5.51. The van der Waals surface area contributed by atoms with Crippen molar-refractivity contribution in [2.45, 2.75) is 57.9 Å². The van der Waals surface area contributed by atoms with Crippen LogP contribution in [0, 0.1) is 5.92 Å². The molecule has 1 N–H and O–H groups in total. The number of rotatable bonds is 4. The summed E-state index contributed by atoms with van der Waals surface area (Å²) in [6, 6.07) is 0.544. The largest absolute Gasteiger partial charge is 0.341 e. The van der Waals surface area contributed by atoms with Crippen molar-refractivity contribution >= 4 is 5.91 Å². The summed E-state index contributed by atoms with van der Waals surface area (Å²) in [6.45, 7) is 5.02. The van der Waals surface area contributed by atoms with Crippen LogP contribution in [0.15, 0.2) is 0 Å². The van der Waals surface area contributed by atoms with Gasteiger partial charge in [0.1, 0.15) is 0 Å². The Kier molecular flexibility index (Phi) is 4.84. The van der Waals surface area contributed by atoms with Gasteiger partial charge in [-0.2, -0.15) is 0 Å². The summed E-state index contributed by atoms with van der Waals surface area (Å²) in [6.07, 6.45) is 8.54. The van der Waals surface area contributed by atoms with Crippen molar-refractivity contribution in [2.24, 2.45) is 5.92 Å². The molecular formula is C14H26N2O. The molecule has 2 aliphatic rings. The fourth-order valence-electron chi connectivity index (χ4n) is 3.16. The molecule has 1 aliphatic carbocycles. The van der Waals surface area contributed by atoms with Gasteiger partial charge < -0.3 is 10.2 Å². The summed E-state index contributed by atoms with van der Waals surface area (Å²) in [5.74, 6) is 0.742. The fraction of sp³-hybridized carbons (Fsp3) is 0.929. The summed E-state index contributed by atoms with van der Waals surface area (Å²) in [7, 11) is 0. The lowest BCUT2D eigenvalue weighted by Crippen LogP contribution is -2.44. The quantitative estimate of drug-likeness (QED) is 0.814. The van der Waals surface area contributed by atoms with Crippen LogP contribution in [0.2, 0.25) is 0 Å². The van der Waals surface area contributed by atoms with Crippen molar-refractivity contribution in [2.75, 3.05) is 19.6 Å². The number of likely N-dealkylation sites (N-methyl/N-ethyl adjacent to an activating group) is 1. The maximum absolute atomic E-state index is 12.4. The lowest BCUT2D eigenvalue weighted by atomic mass is 9.88. The van der Waals surface area contributed by atoms with Gasteiger partial charge in [-0.05, 0) is 39.2 Å². The highest BCUT2D eigenvalue weighted by Gasteiger charge is 2.27. The third-order valence-corrected chi connectivity index (χ3v) is 4.25. The van der Waals surface area contributed by atoms with Crippen LogP contribution >= 0.6 is 0 Å². The molecule has 98 valence electrons. The molecule has 0 aromatic rings. The Morgan fingerprint density at radius 1 is 1.18 bits per heavy atom. The number of carbonyl (C=O) groups excluding carboxylic acids is 1. The van der Waals surface area contributed by atoms with Crippen LogP contribution in [0.3, 0.4) is 0 Å². The molecule has 1 saturated heterocycles. The second-order valence-electron chi connectivity index (χ2n) is 5.51. The van der Waals surface area contributed by atoms with Crippen molar-refractivity contribution < 1.29 is 4.79 Å². The molecule has 2 fully saturated rings. The molecule has 0 spiro atoms. The summed E-state index contributed by atoms with van der Waals surface area (Å²) in [5.41, 5.74) is 0. The fourth-order valence-corrected chi connectivity index (χ4v) is 3.16. The second kappa shape index (κ2) is 6.39. The average molecular weight is 238 g/mol. The Balaban J connectivity index is 1.84. The first-order valence-electron chi connectivity index (χ1n) is 7.33. The monoisotopic (exact) mass is 238 g/mol. The van der Waals surface area contributed by atoms with E-state index in [0.717, 1.165) is 32.5 Å². The molecule has 1 heterocycles. The molecule has 0 bridgehead atoms. The molecule has 1 atom stereocenters. The van der Waals surface area contributed by atoms with Crippen LogP contribution < -0.4 is 5.32 Å². The van der Waals surface area contributed by atoms with E-state index >= 15 is 0 Å². The Hall–Kier alpha value is -0.570. The van der Waals surface area contributed by atoms with Crippen molar-refractivity contribution in [1.29, 1.82) is 0 Å². The minimum Gasteiger partial charge on any atom is -0.341 e. The van der Waals surface area contributed by atoms with Gasteiger partial charge in [-0.25, -0.2) is 0 Å². The Labute approximate surface area is 105 Å². The van der Waals surface area contributed by atoms with Gasteiger partial charge in [-0.1, -0.05) is 19.3 Å². The molecule has 1 amide bonds. The van der Waals surface area contributed by atoms with Gasteiger partial charge in [0.05, 0.1) is 0 Å². The van der Waals surface area contributed by atoms with Crippen molar-refractivity contribution in [1.82, 2.24) is 10.2 Å². The number of nitrogens with zero attached hydrogens (tertiary/aromatic N) is 1. The average Bonchev–Trinajstić information content (AvgIpc) is 2.89. The van der Waals surface area contributed by atoms with Crippen LogP contribution in [0.25, 0.3) is 0 Å². The minimum atomic E-state index is 0.324. The Morgan fingerprint density at radius 3 is 2.53 bits per heavy atom. The van der Waals surface area contributed by atoms with Crippen LogP contribution in [0.4, 0.5) is 0 Å². The molecule has 3 heteroatoms. The van der Waals surface area contributed by atoms with Gasteiger partial charge in [0.15, 0.2) is 0 Å². The first kappa shape index (κ1) is 12.9. The Morgan fingerprint density at radius 2 is 1.94 bits per heavy atom. The summed E-state index contributed by atoms with van der Waals surface area (Å²) in [4.78, 5) is 14.5. The van der Waals surface area contributed by atoms with E-state index in [1.54, 1.807) is 0 Å². The highest BCUT2D eigenvalue weighted by atomic mass is 16.2. The maximum atomic E-state index is 12.4. The molecule has 1 unspecified atom stereocenters. The number of carbonyl (C=O) groups is 1. The van der Waals surface area contributed by atoms with E-state index in [2.05, 4.69) is 17.1 Å². The van der Waals surface area contributed by atoms with Crippen molar-refractivity contribution in [3.63, 3.8) is 0 Å². The van der Waals surface area contributed by atoms with E-state index in [1.807, 2.05) is 0 Å². The molecule has 2 rings (SSSR count). The summed E-state index contributed by atoms with van der Waals surface area (Å²) >= 11 is 0. The molecule has 1 saturated carbocycles. The molecule has 0 aromatic heterocycles. The van der Waals surface area contributed by atoms with Gasteiger partial charge in [0, 0.05) is 25.0 Å². The van der Waals surface area contributed by atoms with Gasteiger partial charge in [0.2, 0.25) is 5.91 Å². The lowest BCUT2D eigenvalue weighted by Gasteiger charge is -2.30. The zero-order chi connectivity index (χ0) is 12.1. The van der Waals surface area contributed by atoms with Crippen LogP contribution in [0.5, 0.6) is 0 Å². The first-order chi connectivity index (χ1) is 8.31. The molecule has 17 heavy (non-hydrogen) atoms.